The quantitative estimate of drug-likeness (QED) is 0.918. The lowest BCUT2D eigenvalue weighted by molar-refractivity contribution is 0.211. The summed E-state index contributed by atoms with van der Waals surface area (Å²) < 4.78 is 19.4. The van der Waals surface area contributed by atoms with Crippen molar-refractivity contribution in [2.75, 3.05) is 6.61 Å². The Bertz CT molecular complexity index is 552. The normalized spacial score (nSPS) is 12.2. The molecule has 0 heterocycles. The van der Waals surface area contributed by atoms with Crippen LogP contribution in [0.5, 0.6) is 5.75 Å². The van der Waals surface area contributed by atoms with Crippen LogP contribution in [0.3, 0.4) is 0 Å². The summed E-state index contributed by atoms with van der Waals surface area (Å²) in [6.07, 6.45) is -0.922. The lowest BCUT2D eigenvalue weighted by atomic mass is 10.0. The van der Waals surface area contributed by atoms with Gasteiger partial charge >= 0.3 is 0 Å². The first-order valence-electron chi connectivity index (χ1n) is 5.97. The van der Waals surface area contributed by atoms with Gasteiger partial charge < -0.3 is 9.84 Å². The van der Waals surface area contributed by atoms with E-state index < -0.39 is 11.9 Å². The SMILES string of the molecule is CCOc1ccccc1C(O)c1cc(F)cc(Br)c1. The molecule has 0 aliphatic carbocycles. The number of aliphatic hydroxyl groups excluding tert-OH is 1. The van der Waals surface area contributed by atoms with E-state index in [4.69, 9.17) is 4.74 Å². The summed E-state index contributed by atoms with van der Waals surface area (Å²) in [5.74, 6) is 0.218. The van der Waals surface area contributed by atoms with E-state index >= 15 is 0 Å². The lowest BCUT2D eigenvalue weighted by Crippen LogP contribution is -2.04. The molecule has 1 unspecified atom stereocenters. The Morgan fingerprint density at radius 1 is 1.26 bits per heavy atom. The van der Waals surface area contributed by atoms with E-state index in [1.54, 1.807) is 18.2 Å². The van der Waals surface area contributed by atoms with Crippen LogP contribution in [0.15, 0.2) is 46.9 Å². The maximum Gasteiger partial charge on any atom is 0.125 e. The minimum absolute atomic E-state index is 0.391. The molecule has 100 valence electrons. The van der Waals surface area contributed by atoms with Crippen molar-refractivity contribution >= 4 is 15.9 Å². The molecule has 0 amide bonds. The molecule has 0 saturated carbocycles. The highest BCUT2D eigenvalue weighted by molar-refractivity contribution is 9.10. The Morgan fingerprint density at radius 3 is 2.68 bits per heavy atom. The summed E-state index contributed by atoms with van der Waals surface area (Å²) >= 11 is 3.22. The minimum Gasteiger partial charge on any atom is -0.493 e. The molecular weight excluding hydrogens is 311 g/mol. The Balaban J connectivity index is 2.40. The smallest absolute Gasteiger partial charge is 0.125 e. The van der Waals surface area contributed by atoms with E-state index in [0.717, 1.165) is 0 Å². The Kier molecular flexibility index (Phi) is 4.56. The number of aliphatic hydroxyl groups is 1. The number of hydrogen-bond donors (Lipinski definition) is 1. The summed E-state index contributed by atoms with van der Waals surface area (Å²) in [7, 11) is 0. The van der Waals surface area contributed by atoms with Crippen LogP contribution >= 0.6 is 15.9 Å². The fourth-order valence-corrected chi connectivity index (χ4v) is 2.39. The molecule has 0 radical (unpaired) electrons. The second-order valence-electron chi connectivity index (χ2n) is 4.08. The Morgan fingerprint density at radius 2 is 2.00 bits per heavy atom. The number of benzene rings is 2. The molecule has 0 spiro atoms. The first kappa shape index (κ1) is 14.0. The molecule has 2 nitrogen and oxygen atoms in total. The summed E-state index contributed by atoms with van der Waals surface area (Å²) in [4.78, 5) is 0. The molecule has 0 aliphatic rings. The van der Waals surface area contributed by atoms with Crippen LogP contribution < -0.4 is 4.74 Å². The van der Waals surface area contributed by atoms with Crippen molar-refractivity contribution in [1.29, 1.82) is 0 Å². The second kappa shape index (κ2) is 6.17. The van der Waals surface area contributed by atoms with Crippen LogP contribution in [0, 0.1) is 5.82 Å². The zero-order valence-electron chi connectivity index (χ0n) is 10.4. The summed E-state index contributed by atoms with van der Waals surface area (Å²) in [5.41, 5.74) is 1.11. The third-order valence-electron chi connectivity index (χ3n) is 2.71. The standard InChI is InChI=1S/C15H14BrFO2/c1-2-19-14-6-4-3-5-13(14)15(18)10-7-11(16)9-12(17)8-10/h3-9,15,18H,2H2,1H3. The monoisotopic (exact) mass is 324 g/mol. The van der Waals surface area contributed by atoms with Gasteiger partial charge in [0.15, 0.2) is 0 Å². The fourth-order valence-electron chi connectivity index (χ4n) is 1.91. The maximum atomic E-state index is 13.4. The van der Waals surface area contributed by atoms with E-state index in [1.807, 2.05) is 19.1 Å². The van der Waals surface area contributed by atoms with Crippen molar-refractivity contribution < 1.29 is 14.2 Å². The molecular formula is C15H14BrFO2. The summed E-state index contributed by atoms with van der Waals surface area (Å²) in [6, 6.07) is 11.6. The molecule has 19 heavy (non-hydrogen) atoms. The van der Waals surface area contributed by atoms with Gasteiger partial charge in [0.05, 0.1) is 6.61 Å². The van der Waals surface area contributed by atoms with Crippen molar-refractivity contribution in [2.24, 2.45) is 0 Å². The average Bonchev–Trinajstić information content (AvgIpc) is 2.38. The van der Waals surface area contributed by atoms with Gasteiger partial charge in [0.25, 0.3) is 0 Å². The van der Waals surface area contributed by atoms with E-state index in [2.05, 4.69) is 15.9 Å². The van der Waals surface area contributed by atoms with Gasteiger partial charge in [-0.1, -0.05) is 34.1 Å². The molecule has 4 heteroatoms. The zero-order chi connectivity index (χ0) is 13.8. The van der Waals surface area contributed by atoms with Crippen molar-refractivity contribution in [3.8, 4) is 5.75 Å². The summed E-state index contributed by atoms with van der Waals surface area (Å²) in [5, 5.41) is 10.4. The van der Waals surface area contributed by atoms with Gasteiger partial charge in [0.1, 0.15) is 17.7 Å². The number of hydrogen-bond acceptors (Lipinski definition) is 2. The third kappa shape index (κ3) is 3.33. The van der Waals surface area contributed by atoms with Gasteiger partial charge in [-0.25, -0.2) is 4.39 Å². The molecule has 2 aromatic rings. The first-order valence-corrected chi connectivity index (χ1v) is 6.77. The topological polar surface area (TPSA) is 29.5 Å². The summed E-state index contributed by atoms with van der Waals surface area (Å²) in [6.45, 7) is 2.39. The van der Waals surface area contributed by atoms with Crippen LogP contribution in [0.4, 0.5) is 4.39 Å². The Labute approximate surface area is 120 Å². The highest BCUT2D eigenvalue weighted by atomic mass is 79.9. The van der Waals surface area contributed by atoms with Gasteiger partial charge in [-0.15, -0.1) is 0 Å². The number of rotatable bonds is 4. The number of halogens is 2. The second-order valence-corrected chi connectivity index (χ2v) is 4.99. The van der Waals surface area contributed by atoms with Crippen LogP contribution in [0.1, 0.15) is 24.2 Å². The third-order valence-corrected chi connectivity index (χ3v) is 3.17. The number of ether oxygens (including phenoxy) is 1. The predicted octanol–water partition coefficient (Wildman–Crippen LogP) is 4.07. The largest absolute Gasteiger partial charge is 0.493 e. The van der Waals surface area contributed by atoms with Gasteiger partial charge in [-0.05, 0) is 36.8 Å². The molecule has 0 fully saturated rings. The van der Waals surface area contributed by atoms with E-state index in [0.29, 0.717) is 28.0 Å². The van der Waals surface area contributed by atoms with Crippen molar-refractivity contribution in [3.63, 3.8) is 0 Å². The lowest BCUT2D eigenvalue weighted by Gasteiger charge is -2.16. The zero-order valence-corrected chi connectivity index (χ0v) is 12.0. The van der Waals surface area contributed by atoms with Crippen molar-refractivity contribution in [3.05, 3.63) is 63.9 Å². The highest BCUT2D eigenvalue weighted by Crippen LogP contribution is 2.31. The van der Waals surface area contributed by atoms with E-state index in [-0.39, 0.29) is 0 Å². The molecule has 2 rings (SSSR count). The van der Waals surface area contributed by atoms with Crippen LogP contribution in [-0.4, -0.2) is 11.7 Å². The first-order chi connectivity index (χ1) is 9.11. The molecule has 0 aromatic heterocycles. The maximum absolute atomic E-state index is 13.4. The molecule has 1 atom stereocenters. The fraction of sp³-hybridized carbons (Fsp3) is 0.200. The molecule has 2 aromatic carbocycles. The van der Waals surface area contributed by atoms with Gasteiger partial charge in [-0.2, -0.15) is 0 Å². The average molecular weight is 325 g/mol. The van der Waals surface area contributed by atoms with Crippen LogP contribution in [-0.2, 0) is 0 Å². The van der Waals surface area contributed by atoms with Crippen molar-refractivity contribution in [1.82, 2.24) is 0 Å². The molecule has 0 bridgehead atoms. The molecule has 1 N–H and O–H groups in total. The highest BCUT2D eigenvalue weighted by Gasteiger charge is 2.16. The van der Waals surface area contributed by atoms with E-state index in [1.165, 1.54) is 12.1 Å². The van der Waals surface area contributed by atoms with E-state index in [9.17, 15) is 9.50 Å². The predicted molar refractivity (Wildman–Crippen MR) is 75.8 cm³/mol. The molecule has 0 aliphatic heterocycles. The minimum atomic E-state index is -0.922. The number of para-hydroxylation sites is 1. The van der Waals surface area contributed by atoms with Gasteiger partial charge in [0, 0.05) is 10.0 Å². The van der Waals surface area contributed by atoms with Gasteiger partial charge in [0.2, 0.25) is 0 Å². The van der Waals surface area contributed by atoms with Crippen LogP contribution in [0.2, 0.25) is 0 Å². The van der Waals surface area contributed by atoms with Crippen LogP contribution in [0.25, 0.3) is 0 Å². The van der Waals surface area contributed by atoms with Gasteiger partial charge in [-0.3, -0.25) is 0 Å². The Hall–Kier alpha value is -1.39. The van der Waals surface area contributed by atoms with Crippen molar-refractivity contribution in [2.45, 2.75) is 13.0 Å². The molecule has 0 saturated heterocycles.